The molecule has 0 radical (unpaired) electrons. The molecule has 2 unspecified atom stereocenters. The van der Waals surface area contributed by atoms with Gasteiger partial charge in [0, 0.05) is 92.0 Å². The number of halogens is 3. The molecule has 2 atom stereocenters. The van der Waals surface area contributed by atoms with Gasteiger partial charge in [-0.15, -0.1) is 0 Å². The van der Waals surface area contributed by atoms with E-state index in [-0.39, 0.29) is 99.7 Å². The number of nitrogens with one attached hydrogen (secondary N) is 2. The average molecular weight is 1040 g/mol. The van der Waals surface area contributed by atoms with Gasteiger partial charge in [0.1, 0.15) is 0 Å². The van der Waals surface area contributed by atoms with Crippen LogP contribution in [0.1, 0.15) is 70.9 Å². The van der Waals surface area contributed by atoms with Crippen LogP contribution < -0.4 is 14.9 Å². The molecule has 68 heavy (non-hydrogen) atoms. The number of carbonyl (C=O) groups excluding carboxylic acids is 2. The Bertz CT molecular complexity index is 2590. The number of hydrogen-bond acceptors (Lipinski definition) is 12. The Morgan fingerprint density at radius 3 is 2.07 bits per heavy atom. The van der Waals surface area contributed by atoms with E-state index in [0.29, 0.717) is 41.0 Å². The summed E-state index contributed by atoms with van der Waals surface area (Å²) in [6.45, 7) is 6.29. The molecular formula is C49H61Cl3N4O10S2. The van der Waals surface area contributed by atoms with Crippen LogP contribution in [0, 0.1) is 6.92 Å². The van der Waals surface area contributed by atoms with Crippen LogP contribution in [0.2, 0.25) is 15.1 Å². The normalized spacial score (nSPS) is 16.4. The number of nitrogens with zero attached hydrogens (tertiary/aromatic N) is 2. The second-order valence-corrected chi connectivity index (χ2v) is 22.2. The monoisotopic (exact) mass is 1030 g/mol. The van der Waals surface area contributed by atoms with E-state index in [0.717, 1.165) is 46.3 Å². The van der Waals surface area contributed by atoms with Crippen molar-refractivity contribution in [1.29, 1.82) is 0 Å². The second-order valence-electron chi connectivity index (χ2n) is 17.1. The van der Waals surface area contributed by atoms with E-state index in [4.69, 9.17) is 53.8 Å². The number of ketones is 1. The highest BCUT2D eigenvalue weighted by Gasteiger charge is 2.29. The number of anilines is 1. The standard InChI is InChI=1S/C49H61Cl3N4O10S2/c1-34-27-37(50)30-43-41(14-17-56(3)48(34)43)35-10-12-39(13-11-35)67(59,60)26-6-19-64-23-24-65-20-15-53-49(58)47(57)9-5-18-63-22-25-66-21-16-54-68(61,62)40-8-4-7-36(28-40)44-32-55(2)33-45-42(44)29-38(51)31-46(45)52/h4,7-8,10-13,27-31,41,44,54H,5-6,9,14-26,32-33H2,1-3H3,(H,53,58). The highest BCUT2D eigenvalue weighted by molar-refractivity contribution is 7.91. The quantitative estimate of drug-likeness (QED) is 0.0481. The zero-order valence-electron chi connectivity index (χ0n) is 38.7. The van der Waals surface area contributed by atoms with Crippen molar-refractivity contribution in [2.75, 3.05) is 104 Å². The minimum atomic E-state index is -3.81. The molecule has 2 heterocycles. The van der Waals surface area contributed by atoms with Gasteiger partial charge in [-0.25, -0.2) is 21.6 Å². The Morgan fingerprint density at radius 1 is 0.706 bits per heavy atom. The zero-order valence-corrected chi connectivity index (χ0v) is 42.6. The van der Waals surface area contributed by atoms with Crippen LogP contribution in [0.25, 0.3) is 0 Å². The molecule has 4 aromatic rings. The number of ether oxygens (including phenoxy) is 4. The van der Waals surface area contributed by atoms with Crippen molar-refractivity contribution in [3.05, 3.63) is 121 Å². The Kier molecular flexibility index (Phi) is 20.1. The van der Waals surface area contributed by atoms with E-state index >= 15 is 0 Å². The largest absolute Gasteiger partial charge is 0.379 e. The maximum absolute atomic E-state index is 13.1. The molecule has 0 aromatic heterocycles. The number of carbonyl (C=O) groups is 2. The van der Waals surface area contributed by atoms with Gasteiger partial charge in [-0.3, -0.25) is 9.59 Å². The SMILES string of the molecule is Cc1cc(Cl)cc2c1N(C)CCC2c1ccc(S(=O)(=O)CCCOCCOCCNC(=O)C(=O)CCCOCCOCCNS(=O)(=O)c2cccc(C3CN(C)Cc4c(Cl)cc(Cl)cc43)c2)cc1. The molecule has 0 spiro atoms. The highest BCUT2D eigenvalue weighted by atomic mass is 35.5. The first-order valence-electron chi connectivity index (χ1n) is 22.8. The summed E-state index contributed by atoms with van der Waals surface area (Å²) >= 11 is 19.2. The minimum absolute atomic E-state index is 0.0137. The fourth-order valence-corrected chi connectivity index (χ4v) is 11.9. The topological polar surface area (TPSA) is 170 Å². The van der Waals surface area contributed by atoms with Gasteiger partial charge >= 0.3 is 0 Å². The van der Waals surface area contributed by atoms with Gasteiger partial charge in [0.15, 0.2) is 9.84 Å². The first kappa shape index (κ1) is 53.7. The van der Waals surface area contributed by atoms with E-state index in [9.17, 15) is 26.4 Å². The van der Waals surface area contributed by atoms with E-state index in [2.05, 4.69) is 33.8 Å². The summed E-state index contributed by atoms with van der Waals surface area (Å²) in [7, 11) is -3.22. The third-order valence-corrected chi connectivity index (χ3v) is 16.0. The molecule has 370 valence electrons. The maximum atomic E-state index is 13.1. The Labute approximate surface area is 415 Å². The summed E-state index contributed by atoms with van der Waals surface area (Å²) in [6.07, 6.45) is 1.60. The van der Waals surface area contributed by atoms with Crippen molar-refractivity contribution in [3.63, 3.8) is 0 Å². The third-order valence-electron chi connectivity index (χ3n) is 12.0. The number of likely N-dealkylation sites (N-methyl/N-ethyl adjacent to an activating group) is 1. The van der Waals surface area contributed by atoms with Crippen molar-refractivity contribution in [1.82, 2.24) is 14.9 Å². The Morgan fingerprint density at radius 2 is 1.35 bits per heavy atom. The molecule has 0 saturated heterocycles. The van der Waals surface area contributed by atoms with Crippen LogP contribution in [0.3, 0.4) is 0 Å². The maximum Gasteiger partial charge on any atom is 0.287 e. The molecule has 1 amide bonds. The predicted octanol–water partition coefficient (Wildman–Crippen LogP) is 7.18. The van der Waals surface area contributed by atoms with Crippen molar-refractivity contribution in [2.45, 2.75) is 60.8 Å². The summed E-state index contributed by atoms with van der Waals surface area (Å²) in [4.78, 5) is 29.2. The number of rotatable bonds is 26. The number of amides is 1. The fourth-order valence-electron chi connectivity index (χ4n) is 8.65. The summed E-state index contributed by atoms with van der Waals surface area (Å²) in [5.74, 6) is -1.28. The number of sulfonamides is 1. The first-order valence-corrected chi connectivity index (χ1v) is 27.0. The van der Waals surface area contributed by atoms with Gasteiger partial charge in [-0.05, 0) is 115 Å². The lowest BCUT2D eigenvalue weighted by atomic mass is 9.83. The lowest BCUT2D eigenvalue weighted by Gasteiger charge is -2.35. The van der Waals surface area contributed by atoms with Gasteiger partial charge in [0.05, 0.1) is 55.2 Å². The summed E-state index contributed by atoms with van der Waals surface area (Å²) in [6, 6.07) is 21.6. The molecular weight excluding hydrogens is 975 g/mol. The van der Waals surface area contributed by atoms with Crippen LogP contribution in [0.4, 0.5) is 5.69 Å². The van der Waals surface area contributed by atoms with Gasteiger partial charge in [0.2, 0.25) is 15.8 Å². The number of fused-ring (bicyclic) bond motifs is 2. The summed E-state index contributed by atoms with van der Waals surface area (Å²) in [5, 5.41) is 4.36. The third kappa shape index (κ3) is 14.9. The number of hydrogen-bond donors (Lipinski definition) is 2. The van der Waals surface area contributed by atoms with Gasteiger partial charge < -0.3 is 34.1 Å². The van der Waals surface area contributed by atoms with Gasteiger partial charge in [-0.1, -0.05) is 59.1 Å². The van der Waals surface area contributed by atoms with Gasteiger partial charge in [0.25, 0.3) is 5.91 Å². The predicted molar refractivity (Wildman–Crippen MR) is 266 cm³/mol. The molecule has 2 N–H and O–H groups in total. The fraction of sp³-hybridized carbons (Fsp3) is 0.469. The molecule has 0 saturated carbocycles. The lowest BCUT2D eigenvalue weighted by Crippen LogP contribution is -2.33. The van der Waals surface area contributed by atoms with E-state index in [1.54, 1.807) is 36.4 Å². The van der Waals surface area contributed by atoms with Crippen LogP contribution >= 0.6 is 34.8 Å². The van der Waals surface area contributed by atoms with Crippen LogP contribution in [-0.4, -0.2) is 132 Å². The first-order chi connectivity index (χ1) is 32.5. The highest BCUT2D eigenvalue weighted by Crippen LogP contribution is 2.43. The van der Waals surface area contributed by atoms with Crippen molar-refractivity contribution in [2.24, 2.45) is 0 Å². The number of sulfone groups is 1. The minimum Gasteiger partial charge on any atom is -0.379 e. The lowest BCUT2D eigenvalue weighted by molar-refractivity contribution is -0.138. The van der Waals surface area contributed by atoms with Crippen molar-refractivity contribution < 1.29 is 45.4 Å². The summed E-state index contributed by atoms with van der Waals surface area (Å²) < 4.78 is 77.0. The van der Waals surface area contributed by atoms with E-state index < -0.39 is 31.6 Å². The van der Waals surface area contributed by atoms with E-state index in [1.807, 2.05) is 43.4 Å². The van der Waals surface area contributed by atoms with Crippen molar-refractivity contribution in [3.8, 4) is 0 Å². The van der Waals surface area contributed by atoms with Crippen molar-refractivity contribution >= 4 is 72.0 Å². The molecule has 14 nitrogen and oxygen atoms in total. The summed E-state index contributed by atoms with van der Waals surface area (Å²) in [5.41, 5.74) is 7.34. The number of aryl methyl sites for hydroxylation is 1. The molecule has 2 aliphatic rings. The Hall–Kier alpha value is -3.65. The molecule has 6 rings (SSSR count). The van der Waals surface area contributed by atoms with Crippen LogP contribution in [0.5, 0.6) is 0 Å². The average Bonchev–Trinajstić information content (AvgIpc) is 3.30. The zero-order chi connectivity index (χ0) is 48.8. The number of Topliss-reactive ketones (excluding diaryl/α,β-unsaturated/α-hetero) is 1. The van der Waals surface area contributed by atoms with Crippen LogP contribution in [0.15, 0.2) is 82.6 Å². The molecule has 0 bridgehead atoms. The molecule has 19 heteroatoms. The smallest absolute Gasteiger partial charge is 0.287 e. The van der Waals surface area contributed by atoms with Gasteiger partial charge in [-0.2, -0.15) is 0 Å². The molecule has 0 aliphatic carbocycles. The molecule has 2 aliphatic heterocycles. The van der Waals surface area contributed by atoms with Crippen LogP contribution in [-0.2, 0) is 54.9 Å². The van der Waals surface area contributed by atoms with E-state index in [1.165, 1.54) is 5.69 Å². The molecule has 4 aromatic carbocycles. The second kappa shape index (κ2) is 25.5. The Balaban J connectivity index is 0.754. The number of benzene rings is 4. The molecule has 0 fully saturated rings.